The molecule has 0 unspecified atom stereocenters. The summed E-state index contributed by atoms with van der Waals surface area (Å²) in [6, 6.07) is 13.0. The first kappa shape index (κ1) is 19.9. The monoisotopic (exact) mass is 447 g/mol. The third-order valence-electron chi connectivity index (χ3n) is 5.44. The van der Waals surface area contributed by atoms with Crippen molar-refractivity contribution in [3.8, 4) is 0 Å². The molecular formula is C23H14ClN3O5. The Labute approximate surface area is 185 Å². The number of carbonyl (C=O) groups is 1. The van der Waals surface area contributed by atoms with E-state index in [1.807, 2.05) is 0 Å². The minimum absolute atomic E-state index is 0.0913. The molecule has 2 aromatic heterocycles. The summed E-state index contributed by atoms with van der Waals surface area (Å²) in [5, 5.41) is 12.0. The SMILES string of the molecule is Cc1cc2oc3c(c(=O)c2cc1Cl)[C@H](c1cccc([N+](=O)[O-])c1)N(c1ccccn1)C3=O. The number of fused-ring (bicyclic) bond motifs is 2. The molecule has 0 bridgehead atoms. The van der Waals surface area contributed by atoms with Crippen molar-refractivity contribution in [1.82, 2.24) is 4.98 Å². The highest BCUT2D eigenvalue weighted by atomic mass is 35.5. The molecule has 3 heterocycles. The standard InChI is InChI=1S/C23H14ClN3O5/c1-12-9-17-15(11-16(12)24)21(28)19-20(13-5-4-6-14(10-13)27(30)31)26(23(29)22(19)32-17)18-7-2-3-8-25-18/h2-11,20H,1H3/t20-/m0/s1. The first-order valence-corrected chi connectivity index (χ1v) is 10.0. The van der Waals surface area contributed by atoms with Crippen LogP contribution in [0.25, 0.3) is 11.0 Å². The van der Waals surface area contributed by atoms with Crippen LogP contribution in [0.3, 0.4) is 0 Å². The first-order chi connectivity index (χ1) is 15.4. The Bertz CT molecular complexity index is 1480. The molecule has 5 rings (SSSR count). The molecule has 0 N–H and O–H groups in total. The van der Waals surface area contributed by atoms with Gasteiger partial charge in [0.1, 0.15) is 11.4 Å². The van der Waals surface area contributed by atoms with Gasteiger partial charge >= 0.3 is 0 Å². The van der Waals surface area contributed by atoms with Crippen molar-refractivity contribution in [2.45, 2.75) is 13.0 Å². The van der Waals surface area contributed by atoms with Crippen LogP contribution in [-0.4, -0.2) is 15.8 Å². The molecule has 2 aromatic carbocycles. The lowest BCUT2D eigenvalue weighted by Gasteiger charge is -2.23. The number of hydrogen-bond acceptors (Lipinski definition) is 6. The average Bonchev–Trinajstić information content (AvgIpc) is 3.08. The predicted octanol–water partition coefficient (Wildman–Crippen LogP) is 4.81. The number of aryl methyl sites for hydroxylation is 1. The van der Waals surface area contributed by atoms with Gasteiger partial charge in [0.25, 0.3) is 11.6 Å². The number of nitro benzene ring substituents is 1. The summed E-state index contributed by atoms with van der Waals surface area (Å²) in [6.07, 6.45) is 1.52. The fourth-order valence-electron chi connectivity index (χ4n) is 3.95. The summed E-state index contributed by atoms with van der Waals surface area (Å²) >= 11 is 6.23. The first-order valence-electron chi connectivity index (χ1n) is 9.62. The van der Waals surface area contributed by atoms with Crippen molar-refractivity contribution in [2.24, 2.45) is 0 Å². The van der Waals surface area contributed by atoms with Crippen LogP contribution in [-0.2, 0) is 0 Å². The molecule has 1 atom stereocenters. The van der Waals surface area contributed by atoms with Crippen LogP contribution in [0.5, 0.6) is 0 Å². The van der Waals surface area contributed by atoms with E-state index in [1.54, 1.807) is 37.3 Å². The summed E-state index contributed by atoms with van der Waals surface area (Å²) in [7, 11) is 0. The number of anilines is 1. The second-order valence-corrected chi connectivity index (χ2v) is 7.80. The number of benzene rings is 2. The van der Waals surface area contributed by atoms with Gasteiger partial charge in [-0.1, -0.05) is 29.8 Å². The van der Waals surface area contributed by atoms with Gasteiger partial charge in [0.2, 0.25) is 5.76 Å². The molecule has 0 spiro atoms. The number of aromatic nitrogens is 1. The van der Waals surface area contributed by atoms with Gasteiger partial charge in [-0.3, -0.25) is 24.6 Å². The van der Waals surface area contributed by atoms with Crippen LogP contribution >= 0.6 is 11.6 Å². The summed E-state index contributed by atoms with van der Waals surface area (Å²) in [5.74, 6) is -0.383. The number of rotatable bonds is 3. The van der Waals surface area contributed by atoms with Crippen molar-refractivity contribution < 1.29 is 14.1 Å². The summed E-state index contributed by atoms with van der Waals surface area (Å²) in [5.41, 5.74) is 0.837. The van der Waals surface area contributed by atoms with E-state index < -0.39 is 22.3 Å². The Balaban J connectivity index is 1.84. The van der Waals surface area contributed by atoms with Crippen molar-refractivity contribution in [2.75, 3.05) is 4.90 Å². The molecule has 4 aromatic rings. The fraction of sp³-hybridized carbons (Fsp3) is 0.0870. The molecule has 8 nitrogen and oxygen atoms in total. The van der Waals surface area contributed by atoms with Crippen LogP contribution in [0, 0.1) is 17.0 Å². The third-order valence-corrected chi connectivity index (χ3v) is 5.85. The Morgan fingerprint density at radius 1 is 1.12 bits per heavy atom. The molecule has 0 radical (unpaired) electrons. The Kier molecular flexibility index (Phi) is 4.53. The van der Waals surface area contributed by atoms with E-state index in [9.17, 15) is 19.7 Å². The van der Waals surface area contributed by atoms with Crippen LogP contribution in [0.15, 0.2) is 70.0 Å². The number of nitro groups is 1. The third kappa shape index (κ3) is 2.96. The Morgan fingerprint density at radius 3 is 2.66 bits per heavy atom. The van der Waals surface area contributed by atoms with Crippen LogP contribution < -0.4 is 10.3 Å². The molecule has 158 valence electrons. The maximum Gasteiger partial charge on any atom is 0.296 e. The molecule has 0 aliphatic carbocycles. The molecule has 0 fully saturated rings. The van der Waals surface area contributed by atoms with Crippen molar-refractivity contribution in [1.29, 1.82) is 0 Å². The highest BCUT2D eigenvalue weighted by Crippen LogP contribution is 2.41. The zero-order valence-corrected chi connectivity index (χ0v) is 17.4. The number of non-ortho nitro benzene ring substituents is 1. The molecule has 1 amide bonds. The minimum Gasteiger partial charge on any atom is -0.450 e. The van der Waals surface area contributed by atoms with Gasteiger partial charge < -0.3 is 4.42 Å². The van der Waals surface area contributed by atoms with Gasteiger partial charge in [0, 0.05) is 23.4 Å². The van der Waals surface area contributed by atoms with Gasteiger partial charge in [-0.25, -0.2) is 4.98 Å². The van der Waals surface area contributed by atoms with E-state index in [2.05, 4.69) is 4.98 Å². The van der Waals surface area contributed by atoms with Crippen LogP contribution in [0.1, 0.15) is 33.3 Å². The number of pyridine rings is 1. The maximum absolute atomic E-state index is 13.6. The Morgan fingerprint density at radius 2 is 1.94 bits per heavy atom. The van der Waals surface area contributed by atoms with E-state index >= 15 is 0 Å². The maximum atomic E-state index is 13.6. The zero-order valence-electron chi connectivity index (χ0n) is 16.6. The summed E-state index contributed by atoms with van der Waals surface area (Å²) < 4.78 is 5.90. The van der Waals surface area contributed by atoms with Crippen LogP contribution in [0.2, 0.25) is 5.02 Å². The molecule has 0 saturated carbocycles. The quantitative estimate of drug-likeness (QED) is 0.329. The average molecular weight is 448 g/mol. The molecule has 1 aliphatic heterocycles. The molecule has 1 aliphatic rings. The lowest BCUT2D eigenvalue weighted by molar-refractivity contribution is -0.384. The number of nitrogens with zero attached hydrogens (tertiary/aromatic N) is 3. The smallest absolute Gasteiger partial charge is 0.296 e. The lowest BCUT2D eigenvalue weighted by atomic mass is 9.98. The van der Waals surface area contributed by atoms with Crippen molar-refractivity contribution in [3.63, 3.8) is 0 Å². The second kappa shape index (κ2) is 7.28. The van der Waals surface area contributed by atoms with Gasteiger partial charge in [-0.2, -0.15) is 0 Å². The number of halogens is 1. The largest absolute Gasteiger partial charge is 0.450 e. The zero-order chi connectivity index (χ0) is 22.6. The van der Waals surface area contributed by atoms with E-state index in [-0.39, 0.29) is 33.8 Å². The van der Waals surface area contributed by atoms with Crippen molar-refractivity contribution in [3.05, 3.63) is 109 Å². The topological polar surface area (TPSA) is 107 Å². The number of hydrogen-bond donors (Lipinski definition) is 0. The number of carbonyl (C=O) groups excluding carboxylic acids is 1. The summed E-state index contributed by atoms with van der Waals surface area (Å²) in [6.45, 7) is 1.77. The highest BCUT2D eigenvalue weighted by Gasteiger charge is 2.44. The minimum atomic E-state index is -0.951. The molecule has 0 saturated heterocycles. The molecule has 32 heavy (non-hydrogen) atoms. The van der Waals surface area contributed by atoms with Gasteiger partial charge in [0.05, 0.1) is 21.9 Å². The summed E-state index contributed by atoms with van der Waals surface area (Å²) in [4.78, 5) is 43.4. The predicted molar refractivity (Wildman–Crippen MR) is 118 cm³/mol. The highest BCUT2D eigenvalue weighted by molar-refractivity contribution is 6.32. The second-order valence-electron chi connectivity index (χ2n) is 7.39. The Hall–Kier alpha value is -4.04. The van der Waals surface area contributed by atoms with Crippen LogP contribution in [0.4, 0.5) is 11.5 Å². The van der Waals surface area contributed by atoms with Crippen molar-refractivity contribution >= 4 is 40.0 Å². The van der Waals surface area contributed by atoms with Gasteiger partial charge in [-0.15, -0.1) is 0 Å². The van der Waals surface area contributed by atoms with Gasteiger partial charge in [-0.05, 0) is 42.3 Å². The lowest BCUT2D eigenvalue weighted by Crippen LogP contribution is -2.30. The molecule has 9 heteroatoms. The van der Waals surface area contributed by atoms with E-state index in [4.69, 9.17) is 16.0 Å². The number of amides is 1. The van der Waals surface area contributed by atoms with E-state index in [0.717, 1.165) is 0 Å². The van der Waals surface area contributed by atoms with E-state index in [0.29, 0.717) is 16.1 Å². The molecular weight excluding hydrogens is 434 g/mol. The van der Waals surface area contributed by atoms with Gasteiger partial charge in [0.15, 0.2) is 5.43 Å². The normalized spacial score (nSPS) is 15.2. The fourth-order valence-corrected chi connectivity index (χ4v) is 4.11. The van der Waals surface area contributed by atoms with E-state index in [1.165, 1.54) is 35.4 Å².